The molecule has 2 atom stereocenters. The zero-order chi connectivity index (χ0) is 21.8. The lowest BCUT2D eigenvalue weighted by Gasteiger charge is -2.20. The molecule has 8 heteroatoms. The Balaban J connectivity index is 1.85. The quantitative estimate of drug-likeness (QED) is 0.537. The molecule has 160 valence electrons. The van der Waals surface area contributed by atoms with Gasteiger partial charge in [-0.05, 0) is 23.6 Å². The SMILES string of the molecule is CCS(=O)c1ccc(C(C(=O)Nc2nc3cc(OC)c(OC)cc3s2)C(C)C)cc1. The minimum absolute atomic E-state index is 0.0853. The van der Waals surface area contributed by atoms with Gasteiger partial charge in [0.05, 0.1) is 41.2 Å². The second kappa shape index (κ2) is 9.57. The third kappa shape index (κ3) is 4.65. The Labute approximate surface area is 183 Å². The number of methoxy groups -OCH3 is 2. The summed E-state index contributed by atoms with van der Waals surface area (Å²) in [6.45, 7) is 5.91. The molecule has 0 aliphatic heterocycles. The average molecular weight is 447 g/mol. The highest BCUT2D eigenvalue weighted by atomic mass is 32.2. The van der Waals surface area contributed by atoms with Gasteiger partial charge in [-0.1, -0.05) is 44.2 Å². The molecule has 0 spiro atoms. The molecule has 1 aromatic heterocycles. The molecular formula is C22H26N2O4S2. The fourth-order valence-corrected chi connectivity index (χ4v) is 4.98. The van der Waals surface area contributed by atoms with Crippen molar-refractivity contribution >= 4 is 43.4 Å². The normalized spacial score (nSPS) is 13.3. The van der Waals surface area contributed by atoms with Crippen molar-refractivity contribution in [1.82, 2.24) is 4.98 Å². The first-order valence-corrected chi connectivity index (χ1v) is 11.8. The van der Waals surface area contributed by atoms with Crippen molar-refractivity contribution in [2.75, 3.05) is 25.3 Å². The zero-order valence-electron chi connectivity index (χ0n) is 17.7. The minimum Gasteiger partial charge on any atom is -0.493 e. The Morgan fingerprint density at radius 3 is 2.33 bits per heavy atom. The van der Waals surface area contributed by atoms with Gasteiger partial charge in [0.1, 0.15) is 0 Å². The summed E-state index contributed by atoms with van der Waals surface area (Å²) >= 11 is 1.39. The van der Waals surface area contributed by atoms with Crippen LogP contribution in [0.5, 0.6) is 11.5 Å². The van der Waals surface area contributed by atoms with Gasteiger partial charge < -0.3 is 14.8 Å². The Hall–Kier alpha value is -2.45. The summed E-state index contributed by atoms with van der Waals surface area (Å²) in [7, 11) is 2.15. The number of thiazole rings is 1. The van der Waals surface area contributed by atoms with Gasteiger partial charge in [0.25, 0.3) is 0 Å². The molecule has 0 fully saturated rings. The van der Waals surface area contributed by atoms with Crippen LogP contribution in [0.3, 0.4) is 0 Å². The summed E-state index contributed by atoms with van der Waals surface area (Å²) in [4.78, 5) is 18.4. The maximum absolute atomic E-state index is 13.1. The predicted molar refractivity (Wildman–Crippen MR) is 122 cm³/mol. The van der Waals surface area contributed by atoms with E-state index in [0.717, 1.165) is 20.7 Å². The smallest absolute Gasteiger partial charge is 0.233 e. The van der Waals surface area contributed by atoms with E-state index >= 15 is 0 Å². The lowest BCUT2D eigenvalue weighted by atomic mass is 9.88. The maximum Gasteiger partial charge on any atom is 0.233 e. The number of hydrogen-bond acceptors (Lipinski definition) is 6. The third-order valence-corrected chi connectivity index (χ3v) is 7.09. The van der Waals surface area contributed by atoms with Gasteiger partial charge in [0.15, 0.2) is 16.6 Å². The molecule has 0 aliphatic carbocycles. The molecule has 1 amide bonds. The number of anilines is 1. The Bertz CT molecular complexity index is 1020. The van der Waals surface area contributed by atoms with E-state index in [0.29, 0.717) is 22.4 Å². The number of benzene rings is 2. The largest absolute Gasteiger partial charge is 0.493 e. The number of nitrogens with one attached hydrogen (secondary N) is 1. The molecule has 2 unspecified atom stereocenters. The van der Waals surface area contributed by atoms with E-state index in [9.17, 15) is 9.00 Å². The summed E-state index contributed by atoms with van der Waals surface area (Å²) in [5, 5.41) is 3.49. The summed E-state index contributed by atoms with van der Waals surface area (Å²) in [6.07, 6.45) is 0. The van der Waals surface area contributed by atoms with Gasteiger partial charge >= 0.3 is 0 Å². The number of amides is 1. The minimum atomic E-state index is -1.01. The van der Waals surface area contributed by atoms with E-state index in [4.69, 9.17) is 9.47 Å². The van der Waals surface area contributed by atoms with E-state index in [1.165, 1.54) is 11.3 Å². The Kier molecular flexibility index (Phi) is 7.10. The van der Waals surface area contributed by atoms with Crippen molar-refractivity contribution in [1.29, 1.82) is 0 Å². The van der Waals surface area contributed by atoms with Gasteiger partial charge in [0, 0.05) is 22.8 Å². The molecule has 1 N–H and O–H groups in total. The molecule has 0 aliphatic rings. The molecule has 1 heterocycles. The van der Waals surface area contributed by atoms with E-state index < -0.39 is 10.8 Å². The lowest BCUT2D eigenvalue weighted by molar-refractivity contribution is -0.118. The highest BCUT2D eigenvalue weighted by Crippen LogP contribution is 2.36. The number of aromatic nitrogens is 1. The predicted octanol–water partition coefficient (Wildman–Crippen LogP) is 4.82. The van der Waals surface area contributed by atoms with Gasteiger partial charge in [0.2, 0.25) is 5.91 Å². The number of carbonyl (C=O) groups is 1. The summed E-state index contributed by atoms with van der Waals surface area (Å²) in [6, 6.07) is 11.1. The Morgan fingerprint density at radius 2 is 1.77 bits per heavy atom. The third-order valence-electron chi connectivity index (χ3n) is 4.84. The highest BCUT2D eigenvalue weighted by Gasteiger charge is 2.25. The van der Waals surface area contributed by atoms with Crippen molar-refractivity contribution in [3.05, 3.63) is 42.0 Å². The molecular weight excluding hydrogens is 420 g/mol. The van der Waals surface area contributed by atoms with Crippen LogP contribution in [0, 0.1) is 5.92 Å². The number of rotatable bonds is 8. The summed E-state index contributed by atoms with van der Waals surface area (Å²) in [5.41, 5.74) is 1.63. The number of hydrogen-bond donors (Lipinski definition) is 1. The van der Waals surface area contributed by atoms with Gasteiger partial charge in [-0.3, -0.25) is 9.00 Å². The molecule has 2 aromatic carbocycles. The molecule has 3 aromatic rings. The van der Waals surface area contributed by atoms with Crippen molar-refractivity contribution < 1.29 is 18.5 Å². The highest BCUT2D eigenvalue weighted by molar-refractivity contribution is 7.85. The van der Waals surface area contributed by atoms with E-state index in [1.807, 2.05) is 51.1 Å². The fourth-order valence-electron chi connectivity index (χ4n) is 3.32. The molecule has 0 radical (unpaired) electrons. The van der Waals surface area contributed by atoms with Crippen LogP contribution in [0.1, 0.15) is 32.3 Å². The van der Waals surface area contributed by atoms with Crippen LogP contribution in [-0.4, -0.2) is 35.1 Å². The standard InChI is InChI=1S/C22H26N2O4S2/c1-6-30(26)15-9-7-14(8-10-15)20(13(2)3)21(25)24-22-23-16-11-17(27-4)18(28-5)12-19(16)29-22/h7-13,20H,6H2,1-5H3,(H,23,24,25). The van der Waals surface area contributed by atoms with Crippen LogP contribution < -0.4 is 14.8 Å². The van der Waals surface area contributed by atoms with Crippen LogP contribution in [0.15, 0.2) is 41.3 Å². The topological polar surface area (TPSA) is 77.5 Å². The van der Waals surface area contributed by atoms with Gasteiger partial charge in [-0.25, -0.2) is 4.98 Å². The second-order valence-corrected chi connectivity index (χ2v) is 9.88. The first-order chi connectivity index (χ1) is 14.4. The van der Waals surface area contributed by atoms with Crippen LogP contribution in [-0.2, 0) is 15.6 Å². The lowest BCUT2D eigenvalue weighted by Crippen LogP contribution is -2.25. The van der Waals surface area contributed by atoms with Crippen LogP contribution in [0.4, 0.5) is 5.13 Å². The van der Waals surface area contributed by atoms with Crippen LogP contribution >= 0.6 is 11.3 Å². The van der Waals surface area contributed by atoms with Crippen LogP contribution in [0.2, 0.25) is 0 Å². The molecule has 6 nitrogen and oxygen atoms in total. The van der Waals surface area contributed by atoms with Crippen molar-refractivity contribution in [2.45, 2.75) is 31.6 Å². The van der Waals surface area contributed by atoms with E-state index in [1.54, 1.807) is 20.3 Å². The fraction of sp³-hybridized carbons (Fsp3) is 0.364. The molecule has 0 saturated carbocycles. The number of ether oxygens (including phenoxy) is 2. The maximum atomic E-state index is 13.1. The number of carbonyl (C=O) groups excluding carboxylic acids is 1. The monoisotopic (exact) mass is 446 g/mol. The second-order valence-electron chi connectivity index (χ2n) is 7.11. The van der Waals surface area contributed by atoms with E-state index in [2.05, 4.69) is 10.3 Å². The van der Waals surface area contributed by atoms with Crippen LogP contribution in [0.25, 0.3) is 10.2 Å². The number of fused-ring (bicyclic) bond motifs is 1. The summed E-state index contributed by atoms with van der Waals surface area (Å²) < 4.78 is 23.6. The molecule has 3 rings (SSSR count). The van der Waals surface area contributed by atoms with E-state index in [-0.39, 0.29) is 17.7 Å². The summed E-state index contributed by atoms with van der Waals surface area (Å²) in [5.74, 6) is 1.41. The van der Waals surface area contributed by atoms with Gasteiger partial charge in [-0.2, -0.15) is 0 Å². The van der Waals surface area contributed by atoms with Crippen molar-refractivity contribution in [2.24, 2.45) is 5.92 Å². The molecule has 0 saturated heterocycles. The molecule has 30 heavy (non-hydrogen) atoms. The van der Waals surface area contributed by atoms with Crippen molar-refractivity contribution in [3.63, 3.8) is 0 Å². The van der Waals surface area contributed by atoms with Crippen molar-refractivity contribution in [3.8, 4) is 11.5 Å². The van der Waals surface area contributed by atoms with Gasteiger partial charge in [-0.15, -0.1) is 0 Å². The first-order valence-electron chi connectivity index (χ1n) is 9.69. The average Bonchev–Trinajstić information content (AvgIpc) is 3.13. The zero-order valence-corrected chi connectivity index (χ0v) is 19.4. The number of nitrogens with zero attached hydrogens (tertiary/aromatic N) is 1. The first kappa shape index (κ1) is 22.2. The molecule has 0 bridgehead atoms. The Morgan fingerprint density at radius 1 is 1.13 bits per heavy atom.